The molecule has 0 aliphatic heterocycles. The Bertz CT molecular complexity index is 510. The van der Waals surface area contributed by atoms with Gasteiger partial charge in [0.2, 0.25) is 0 Å². The molecule has 102 valence electrons. The quantitative estimate of drug-likeness (QED) is 0.869. The lowest BCUT2D eigenvalue weighted by atomic mass is 10.3. The summed E-state index contributed by atoms with van der Waals surface area (Å²) in [4.78, 5) is 6.32. The number of aromatic nitrogens is 1. The van der Waals surface area contributed by atoms with Gasteiger partial charge < -0.3 is 9.73 Å². The van der Waals surface area contributed by atoms with Gasteiger partial charge in [0.1, 0.15) is 12.1 Å². The minimum Gasteiger partial charge on any atom is -0.431 e. The summed E-state index contributed by atoms with van der Waals surface area (Å²) in [6.45, 7) is 6.31. The zero-order valence-electron chi connectivity index (χ0n) is 11.2. The highest BCUT2D eigenvalue weighted by Gasteiger charge is 2.13. The van der Waals surface area contributed by atoms with Gasteiger partial charge in [0.05, 0.1) is 5.69 Å². The van der Waals surface area contributed by atoms with Gasteiger partial charge in [-0.05, 0) is 37.7 Å². The Morgan fingerprint density at radius 2 is 2.00 bits per heavy atom. The van der Waals surface area contributed by atoms with Crippen molar-refractivity contribution >= 4 is 11.7 Å². The summed E-state index contributed by atoms with van der Waals surface area (Å²) in [6.07, 6.45) is 1.64. The highest BCUT2D eigenvalue weighted by Crippen LogP contribution is 2.24. The lowest BCUT2D eigenvalue weighted by molar-refractivity contribution is 0.552. The highest BCUT2D eigenvalue weighted by molar-refractivity contribution is 5.55. The van der Waals surface area contributed by atoms with Gasteiger partial charge in [-0.2, -0.15) is 4.98 Å². The van der Waals surface area contributed by atoms with Crippen LogP contribution < -0.4 is 10.2 Å². The molecule has 0 radical (unpaired) electrons. The number of rotatable bonds is 6. The Morgan fingerprint density at radius 3 is 2.63 bits per heavy atom. The zero-order chi connectivity index (χ0) is 13.7. The van der Waals surface area contributed by atoms with E-state index < -0.39 is 0 Å². The van der Waals surface area contributed by atoms with Crippen molar-refractivity contribution in [2.24, 2.45) is 0 Å². The van der Waals surface area contributed by atoms with Crippen molar-refractivity contribution < 1.29 is 8.81 Å². The fraction of sp³-hybridized carbons (Fsp3) is 0.357. The molecule has 2 rings (SSSR count). The maximum absolute atomic E-state index is 12.9. The molecule has 19 heavy (non-hydrogen) atoms. The molecule has 1 heterocycles. The third kappa shape index (κ3) is 3.32. The summed E-state index contributed by atoms with van der Waals surface area (Å²) in [7, 11) is 0. The molecule has 0 fully saturated rings. The lowest BCUT2D eigenvalue weighted by Crippen LogP contribution is -2.17. The number of hydrogen-bond donors (Lipinski definition) is 1. The van der Waals surface area contributed by atoms with E-state index in [0.717, 1.165) is 17.9 Å². The normalized spacial score (nSPS) is 10.7. The number of nitrogens with one attached hydrogen (secondary N) is 1. The monoisotopic (exact) mass is 263 g/mol. The number of oxazole rings is 1. The van der Waals surface area contributed by atoms with Crippen LogP contribution >= 0.6 is 0 Å². The topological polar surface area (TPSA) is 41.3 Å². The van der Waals surface area contributed by atoms with Gasteiger partial charge in [0.25, 0.3) is 0 Å². The maximum Gasteiger partial charge on any atom is 0.302 e. The average molecular weight is 263 g/mol. The van der Waals surface area contributed by atoms with E-state index in [1.807, 2.05) is 18.7 Å². The summed E-state index contributed by atoms with van der Waals surface area (Å²) < 4.78 is 18.4. The molecular weight excluding hydrogens is 245 g/mol. The van der Waals surface area contributed by atoms with Crippen LogP contribution in [-0.4, -0.2) is 18.1 Å². The summed E-state index contributed by atoms with van der Waals surface area (Å²) in [5.74, 6) is -0.250. The zero-order valence-corrected chi connectivity index (χ0v) is 11.2. The van der Waals surface area contributed by atoms with Crippen molar-refractivity contribution in [3.8, 4) is 0 Å². The minimum atomic E-state index is -0.250. The Balaban J connectivity index is 2.17. The summed E-state index contributed by atoms with van der Waals surface area (Å²) in [5.41, 5.74) is 1.72. The van der Waals surface area contributed by atoms with Crippen LogP contribution in [0.15, 0.2) is 34.9 Å². The van der Waals surface area contributed by atoms with Crippen LogP contribution in [0.5, 0.6) is 0 Å². The van der Waals surface area contributed by atoms with Gasteiger partial charge in [0, 0.05) is 18.8 Å². The van der Waals surface area contributed by atoms with Gasteiger partial charge in [-0.25, -0.2) is 4.39 Å². The van der Waals surface area contributed by atoms with Crippen LogP contribution in [0, 0.1) is 5.82 Å². The molecule has 4 nitrogen and oxygen atoms in total. The fourth-order valence-corrected chi connectivity index (χ4v) is 1.80. The highest BCUT2D eigenvalue weighted by atomic mass is 19.1. The van der Waals surface area contributed by atoms with Crippen LogP contribution in [0.1, 0.15) is 19.5 Å². The molecule has 1 N–H and O–H groups in total. The maximum atomic E-state index is 12.9. The van der Waals surface area contributed by atoms with E-state index in [4.69, 9.17) is 4.42 Å². The van der Waals surface area contributed by atoms with Crippen LogP contribution in [0.4, 0.5) is 16.1 Å². The van der Waals surface area contributed by atoms with Crippen molar-refractivity contribution in [3.05, 3.63) is 42.0 Å². The first-order chi connectivity index (χ1) is 9.24. The first kappa shape index (κ1) is 13.5. The van der Waals surface area contributed by atoms with Crippen molar-refractivity contribution in [2.75, 3.05) is 18.0 Å². The molecule has 1 aromatic carbocycles. The van der Waals surface area contributed by atoms with Gasteiger partial charge in [-0.3, -0.25) is 4.90 Å². The summed E-state index contributed by atoms with van der Waals surface area (Å²) in [6, 6.07) is 6.82. The Kier molecular flexibility index (Phi) is 4.52. The number of hydrogen-bond acceptors (Lipinski definition) is 4. The second kappa shape index (κ2) is 6.33. The SMILES string of the molecule is CCNCc1coc(N(CC)c2ccc(F)cc2)n1. The molecule has 0 spiro atoms. The number of benzene rings is 1. The number of anilines is 2. The van der Waals surface area contributed by atoms with Crippen molar-refractivity contribution in [3.63, 3.8) is 0 Å². The molecule has 0 aliphatic carbocycles. The van der Waals surface area contributed by atoms with E-state index in [0.29, 0.717) is 19.1 Å². The summed E-state index contributed by atoms with van der Waals surface area (Å²) in [5, 5.41) is 3.19. The molecule has 1 aromatic heterocycles. The molecule has 0 atom stereocenters. The molecule has 0 aliphatic rings. The molecule has 2 aromatic rings. The van der Waals surface area contributed by atoms with Crippen molar-refractivity contribution in [1.82, 2.24) is 10.3 Å². The Morgan fingerprint density at radius 1 is 1.26 bits per heavy atom. The van der Waals surface area contributed by atoms with E-state index in [-0.39, 0.29) is 5.82 Å². The summed E-state index contributed by atoms with van der Waals surface area (Å²) >= 11 is 0. The van der Waals surface area contributed by atoms with Crippen molar-refractivity contribution in [1.29, 1.82) is 0 Å². The Labute approximate surface area is 112 Å². The predicted octanol–water partition coefficient (Wildman–Crippen LogP) is 3.08. The molecule has 5 heteroatoms. The van der Waals surface area contributed by atoms with Crippen LogP contribution in [0.3, 0.4) is 0 Å². The molecule has 0 amide bonds. The van der Waals surface area contributed by atoms with Gasteiger partial charge in [0.15, 0.2) is 0 Å². The van der Waals surface area contributed by atoms with Gasteiger partial charge in [-0.1, -0.05) is 6.92 Å². The lowest BCUT2D eigenvalue weighted by Gasteiger charge is -2.18. The molecule has 0 unspecified atom stereocenters. The van der Waals surface area contributed by atoms with Crippen LogP contribution in [0.2, 0.25) is 0 Å². The molecular formula is C14H18FN3O. The van der Waals surface area contributed by atoms with E-state index >= 15 is 0 Å². The molecule has 0 saturated carbocycles. The number of nitrogens with zero attached hydrogens (tertiary/aromatic N) is 2. The second-order valence-electron chi connectivity index (χ2n) is 4.12. The number of halogens is 1. The van der Waals surface area contributed by atoms with E-state index in [9.17, 15) is 4.39 Å². The smallest absolute Gasteiger partial charge is 0.302 e. The largest absolute Gasteiger partial charge is 0.431 e. The standard InChI is InChI=1S/C14H18FN3O/c1-3-16-9-12-10-19-14(17-12)18(4-2)13-7-5-11(15)6-8-13/h5-8,10,16H,3-4,9H2,1-2H3. The molecule has 0 bridgehead atoms. The van der Waals surface area contributed by atoms with E-state index in [2.05, 4.69) is 10.3 Å². The van der Waals surface area contributed by atoms with Gasteiger partial charge >= 0.3 is 6.01 Å². The van der Waals surface area contributed by atoms with Crippen LogP contribution in [-0.2, 0) is 6.54 Å². The van der Waals surface area contributed by atoms with E-state index in [1.165, 1.54) is 12.1 Å². The average Bonchev–Trinajstić information content (AvgIpc) is 2.88. The van der Waals surface area contributed by atoms with Crippen LogP contribution in [0.25, 0.3) is 0 Å². The first-order valence-corrected chi connectivity index (χ1v) is 6.42. The van der Waals surface area contributed by atoms with Gasteiger partial charge in [-0.15, -0.1) is 0 Å². The molecule has 0 saturated heterocycles. The fourth-order valence-electron chi connectivity index (χ4n) is 1.80. The third-order valence-electron chi connectivity index (χ3n) is 2.78. The Hall–Kier alpha value is -1.88. The first-order valence-electron chi connectivity index (χ1n) is 6.42. The second-order valence-corrected chi connectivity index (χ2v) is 4.12. The predicted molar refractivity (Wildman–Crippen MR) is 73.0 cm³/mol. The van der Waals surface area contributed by atoms with Crippen molar-refractivity contribution in [2.45, 2.75) is 20.4 Å². The minimum absolute atomic E-state index is 0.250. The van der Waals surface area contributed by atoms with E-state index in [1.54, 1.807) is 18.4 Å². The third-order valence-corrected chi connectivity index (χ3v) is 2.78.